The number of hydrogen-bond acceptors (Lipinski definition) is 4. The van der Waals surface area contributed by atoms with Crippen LogP contribution in [0.1, 0.15) is 19.5 Å². The van der Waals surface area contributed by atoms with Crippen molar-refractivity contribution in [3.63, 3.8) is 0 Å². The van der Waals surface area contributed by atoms with E-state index in [1.807, 2.05) is 51.1 Å². The third kappa shape index (κ3) is 2.72. The van der Waals surface area contributed by atoms with Crippen LogP contribution in [-0.4, -0.2) is 30.9 Å². The van der Waals surface area contributed by atoms with Crippen molar-refractivity contribution in [1.82, 2.24) is 19.2 Å². The summed E-state index contributed by atoms with van der Waals surface area (Å²) in [7, 11) is 0. The first-order chi connectivity index (χ1) is 12.8. The minimum absolute atomic E-state index is 0.143. The van der Waals surface area contributed by atoms with Crippen molar-refractivity contribution in [3.05, 3.63) is 63.8 Å². The Balaban J connectivity index is 2.01. The van der Waals surface area contributed by atoms with Crippen molar-refractivity contribution >= 4 is 28.2 Å². The number of rotatable bonds is 3. The third-order valence-corrected chi connectivity index (χ3v) is 5.11. The smallest absolute Gasteiger partial charge is 0.262 e. The Labute approximate surface area is 160 Å². The van der Waals surface area contributed by atoms with Crippen LogP contribution in [-0.2, 0) is 5.54 Å². The Morgan fingerprint density at radius 2 is 1.89 bits per heavy atom. The topological polar surface area (TPSA) is 72.4 Å². The fraction of sp³-hybridized carbons (Fsp3) is 0.250. The lowest BCUT2D eigenvalue weighted by molar-refractivity contribution is 0.161. The minimum Gasteiger partial charge on any atom is -0.394 e. The number of aliphatic hydroxyl groups excluding tert-OH is 1. The van der Waals surface area contributed by atoms with Gasteiger partial charge in [0.15, 0.2) is 5.65 Å². The van der Waals surface area contributed by atoms with E-state index in [9.17, 15) is 9.90 Å². The largest absolute Gasteiger partial charge is 0.394 e. The van der Waals surface area contributed by atoms with Gasteiger partial charge in [-0.05, 0) is 44.5 Å². The molecule has 0 spiro atoms. The SMILES string of the molecule is Cc1nn2c(ncc3c(=O)n(C(C)(C)CO)ccc32)c1-c1ccc(Cl)cc1. The minimum atomic E-state index is -0.700. The number of hydrogen-bond donors (Lipinski definition) is 1. The van der Waals surface area contributed by atoms with Gasteiger partial charge in [0.1, 0.15) is 0 Å². The molecule has 0 atom stereocenters. The Hall–Kier alpha value is -2.70. The number of fused-ring (bicyclic) bond motifs is 3. The van der Waals surface area contributed by atoms with E-state index >= 15 is 0 Å². The summed E-state index contributed by atoms with van der Waals surface area (Å²) in [6.07, 6.45) is 3.27. The van der Waals surface area contributed by atoms with Crippen LogP contribution in [0.3, 0.4) is 0 Å². The molecule has 138 valence electrons. The first-order valence-electron chi connectivity index (χ1n) is 8.60. The Kier molecular flexibility index (Phi) is 4.05. The zero-order valence-corrected chi connectivity index (χ0v) is 16.0. The summed E-state index contributed by atoms with van der Waals surface area (Å²) in [4.78, 5) is 17.5. The molecule has 4 aromatic rings. The molecule has 27 heavy (non-hydrogen) atoms. The molecule has 0 aliphatic heterocycles. The highest BCUT2D eigenvalue weighted by atomic mass is 35.5. The van der Waals surface area contributed by atoms with Crippen molar-refractivity contribution in [2.45, 2.75) is 26.3 Å². The molecule has 0 fully saturated rings. The second-order valence-corrected chi connectivity index (χ2v) is 7.66. The molecule has 0 unspecified atom stereocenters. The lowest BCUT2D eigenvalue weighted by Crippen LogP contribution is -2.38. The summed E-state index contributed by atoms with van der Waals surface area (Å²) in [5.74, 6) is 0. The van der Waals surface area contributed by atoms with Gasteiger partial charge in [-0.1, -0.05) is 23.7 Å². The summed E-state index contributed by atoms with van der Waals surface area (Å²) in [6, 6.07) is 9.36. The van der Waals surface area contributed by atoms with Crippen molar-refractivity contribution in [1.29, 1.82) is 0 Å². The summed E-state index contributed by atoms with van der Waals surface area (Å²) >= 11 is 6.00. The van der Waals surface area contributed by atoms with Gasteiger partial charge in [0, 0.05) is 23.0 Å². The maximum atomic E-state index is 12.9. The standard InChI is InChI=1S/C20H19ClN4O2/c1-12-17(13-4-6-14(21)7-5-13)18-22-10-15-16(25(18)23-12)8-9-24(19(15)27)20(2,3)11-26/h4-10,26H,11H2,1-3H3. The Morgan fingerprint density at radius 1 is 1.19 bits per heavy atom. The molecule has 7 heteroatoms. The monoisotopic (exact) mass is 382 g/mol. The van der Waals surface area contributed by atoms with Crippen LogP contribution < -0.4 is 5.56 Å². The van der Waals surface area contributed by atoms with Crippen LogP contribution in [0, 0.1) is 6.92 Å². The second kappa shape index (κ2) is 6.18. The molecular weight excluding hydrogens is 364 g/mol. The van der Waals surface area contributed by atoms with Crippen molar-refractivity contribution in [2.75, 3.05) is 6.61 Å². The zero-order valence-electron chi connectivity index (χ0n) is 15.3. The molecule has 1 aromatic carbocycles. The summed E-state index contributed by atoms with van der Waals surface area (Å²) in [5, 5.41) is 15.3. The van der Waals surface area contributed by atoms with E-state index in [0.717, 1.165) is 16.8 Å². The van der Waals surface area contributed by atoms with Gasteiger partial charge in [-0.15, -0.1) is 0 Å². The molecule has 0 aliphatic rings. The van der Waals surface area contributed by atoms with Gasteiger partial charge in [-0.2, -0.15) is 5.10 Å². The number of aromatic nitrogens is 4. The highest BCUT2D eigenvalue weighted by Gasteiger charge is 2.22. The quantitative estimate of drug-likeness (QED) is 0.589. The predicted molar refractivity (Wildman–Crippen MR) is 106 cm³/mol. The average molecular weight is 383 g/mol. The van der Waals surface area contributed by atoms with Gasteiger partial charge in [0.25, 0.3) is 5.56 Å². The van der Waals surface area contributed by atoms with Gasteiger partial charge < -0.3 is 9.67 Å². The summed E-state index contributed by atoms with van der Waals surface area (Å²) in [6.45, 7) is 5.39. The zero-order chi connectivity index (χ0) is 19.3. The summed E-state index contributed by atoms with van der Waals surface area (Å²) in [5.41, 5.74) is 3.15. The fourth-order valence-corrected chi connectivity index (χ4v) is 3.41. The van der Waals surface area contributed by atoms with Crippen LogP contribution in [0.5, 0.6) is 0 Å². The highest BCUT2D eigenvalue weighted by molar-refractivity contribution is 6.30. The third-order valence-electron chi connectivity index (χ3n) is 4.86. The number of nitrogens with zero attached hydrogens (tertiary/aromatic N) is 4. The van der Waals surface area contributed by atoms with Crippen molar-refractivity contribution in [3.8, 4) is 11.1 Å². The van der Waals surface area contributed by atoms with Crippen molar-refractivity contribution in [2.24, 2.45) is 0 Å². The van der Waals surface area contributed by atoms with Gasteiger partial charge >= 0.3 is 0 Å². The van der Waals surface area contributed by atoms with Crippen LogP contribution >= 0.6 is 11.6 Å². The molecule has 0 radical (unpaired) electrons. The van der Waals surface area contributed by atoms with Gasteiger partial charge in [-0.25, -0.2) is 9.50 Å². The molecule has 1 N–H and O–H groups in total. The van der Waals surface area contributed by atoms with E-state index in [4.69, 9.17) is 11.6 Å². The molecule has 0 aliphatic carbocycles. The molecular formula is C20H19ClN4O2. The van der Waals surface area contributed by atoms with Crippen LogP contribution in [0.2, 0.25) is 5.02 Å². The van der Waals surface area contributed by atoms with Gasteiger partial charge in [-0.3, -0.25) is 4.79 Å². The average Bonchev–Trinajstić information content (AvgIpc) is 2.99. The number of pyridine rings is 1. The van der Waals surface area contributed by atoms with Gasteiger partial charge in [0.2, 0.25) is 0 Å². The molecule has 3 heterocycles. The first kappa shape index (κ1) is 17.7. The normalized spacial score (nSPS) is 12.2. The maximum absolute atomic E-state index is 12.9. The van der Waals surface area contributed by atoms with E-state index in [1.165, 1.54) is 4.57 Å². The molecule has 4 rings (SSSR count). The highest BCUT2D eigenvalue weighted by Crippen LogP contribution is 2.29. The predicted octanol–water partition coefficient (Wildman–Crippen LogP) is 3.40. The number of aryl methyl sites for hydroxylation is 1. The van der Waals surface area contributed by atoms with E-state index in [-0.39, 0.29) is 12.2 Å². The number of halogens is 1. The van der Waals surface area contributed by atoms with Crippen LogP contribution in [0.4, 0.5) is 0 Å². The molecule has 6 nitrogen and oxygen atoms in total. The maximum Gasteiger partial charge on any atom is 0.262 e. The molecule has 0 saturated heterocycles. The first-order valence-corrected chi connectivity index (χ1v) is 8.98. The molecule has 0 saturated carbocycles. The Morgan fingerprint density at radius 3 is 2.56 bits per heavy atom. The van der Waals surface area contributed by atoms with Crippen LogP contribution in [0.25, 0.3) is 27.7 Å². The second-order valence-electron chi connectivity index (χ2n) is 7.22. The number of benzene rings is 1. The van der Waals surface area contributed by atoms with E-state index < -0.39 is 5.54 Å². The molecule has 0 bridgehead atoms. The van der Waals surface area contributed by atoms with Gasteiger partial charge in [0.05, 0.1) is 28.7 Å². The van der Waals surface area contributed by atoms with E-state index in [0.29, 0.717) is 21.6 Å². The van der Waals surface area contributed by atoms with Crippen LogP contribution in [0.15, 0.2) is 47.5 Å². The molecule has 0 amide bonds. The van der Waals surface area contributed by atoms with E-state index in [1.54, 1.807) is 16.9 Å². The lowest BCUT2D eigenvalue weighted by atomic mass is 10.1. The molecule has 3 aromatic heterocycles. The van der Waals surface area contributed by atoms with Crippen molar-refractivity contribution < 1.29 is 5.11 Å². The van der Waals surface area contributed by atoms with E-state index in [2.05, 4.69) is 10.1 Å². The lowest BCUT2D eigenvalue weighted by Gasteiger charge is -2.25. The summed E-state index contributed by atoms with van der Waals surface area (Å²) < 4.78 is 3.23. The Bertz CT molecular complexity index is 1220. The number of aliphatic hydroxyl groups is 1. The fourth-order valence-electron chi connectivity index (χ4n) is 3.28.